The van der Waals surface area contributed by atoms with Gasteiger partial charge in [-0.25, -0.2) is 4.39 Å². The van der Waals surface area contributed by atoms with E-state index in [1.54, 1.807) is 30.3 Å². The van der Waals surface area contributed by atoms with Gasteiger partial charge in [0.05, 0.1) is 15.5 Å². The standard InChI is InChI=1S/C15H10BrClFNO2/c16-14-9(2-1-3-10(14)18)15(17)8-4-5-12-11(6-8)19-13(20)7-21-12/h1-6,15H,7H2,(H,19,20). The average Bonchev–Trinajstić information content (AvgIpc) is 2.48. The summed E-state index contributed by atoms with van der Waals surface area (Å²) in [5.41, 5.74) is 1.94. The third-order valence-electron chi connectivity index (χ3n) is 3.18. The van der Waals surface area contributed by atoms with E-state index in [4.69, 9.17) is 16.3 Å². The van der Waals surface area contributed by atoms with Gasteiger partial charge in [0.25, 0.3) is 5.91 Å². The number of ether oxygens (including phenoxy) is 1. The lowest BCUT2D eigenvalue weighted by Gasteiger charge is -2.20. The van der Waals surface area contributed by atoms with Crippen LogP contribution in [-0.2, 0) is 4.79 Å². The molecule has 0 saturated heterocycles. The van der Waals surface area contributed by atoms with Crippen LogP contribution in [0.1, 0.15) is 16.5 Å². The van der Waals surface area contributed by atoms with E-state index in [1.165, 1.54) is 6.07 Å². The highest BCUT2D eigenvalue weighted by atomic mass is 79.9. The minimum Gasteiger partial charge on any atom is -0.482 e. The Bertz CT molecular complexity index is 723. The molecule has 0 fully saturated rings. The van der Waals surface area contributed by atoms with Gasteiger partial charge in [0, 0.05) is 0 Å². The molecule has 0 spiro atoms. The molecule has 108 valence electrons. The summed E-state index contributed by atoms with van der Waals surface area (Å²) >= 11 is 9.65. The monoisotopic (exact) mass is 369 g/mol. The lowest BCUT2D eigenvalue weighted by Crippen LogP contribution is -2.25. The molecule has 1 aliphatic heterocycles. The third-order valence-corrected chi connectivity index (χ3v) is 4.51. The predicted molar refractivity (Wildman–Crippen MR) is 82.4 cm³/mol. The van der Waals surface area contributed by atoms with Crippen LogP contribution < -0.4 is 10.1 Å². The van der Waals surface area contributed by atoms with Gasteiger partial charge in [-0.15, -0.1) is 11.6 Å². The second-order valence-electron chi connectivity index (χ2n) is 4.60. The molecule has 0 aromatic heterocycles. The van der Waals surface area contributed by atoms with Crippen LogP contribution in [0, 0.1) is 5.82 Å². The second-order valence-corrected chi connectivity index (χ2v) is 5.83. The van der Waals surface area contributed by atoms with E-state index in [-0.39, 0.29) is 18.3 Å². The lowest BCUT2D eigenvalue weighted by molar-refractivity contribution is -0.118. The van der Waals surface area contributed by atoms with Crippen LogP contribution in [0.3, 0.4) is 0 Å². The second kappa shape index (κ2) is 5.66. The Morgan fingerprint density at radius 1 is 1.33 bits per heavy atom. The van der Waals surface area contributed by atoms with E-state index in [0.29, 0.717) is 21.5 Å². The maximum Gasteiger partial charge on any atom is 0.262 e. The average molecular weight is 371 g/mol. The number of halogens is 3. The van der Waals surface area contributed by atoms with Crippen LogP contribution >= 0.6 is 27.5 Å². The first-order valence-electron chi connectivity index (χ1n) is 6.21. The van der Waals surface area contributed by atoms with Gasteiger partial charge in [-0.05, 0) is 45.3 Å². The Balaban J connectivity index is 1.98. The molecule has 0 bridgehead atoms. The molecule has 1 aliphatic rings. The first-order chi connectivity index (χ1) is 10.1. The molecule has 3 rings (SSSR count). The van der Waals surface area contributed by atoms with E-state index in [9.17, 15) is 9.18 Å². The van der Waals surface area contributed by atoms with Crippen molar-refractivity contribution in [3.63, 3.8) is 0 Å². The highest BCUT2D eigenvalue weighted by Crippen LogP contribution is 2.38. The largest absolute Gasteiger partial charge is 0.482 e. The number of alkyl halides is 1. The molecule has 0 saturated carbocycles. The number of rotatable bonds is 2. The smallest absolute Gasteiger partial charge is 0.262 e. The number of carbonyl (C=O) groups excluding carboxylic acids is 1. The fourth-order valence-electron chi connectivity index (χ4n) is 2.15. The molecule has 21 heavy (non-hydrogen) atoms. The molecule has 6 heteroatoms. The van der Waals surface area contributed by atoms with Gasteiger partial charge in [0.1, 0.15) is 11.6 Å². The van der Waals surface area contributed by atoms with Gasteiger partial charge in [-0.3, -0.25) is 4.79 Å². The number of fused-ring (bicyclic) bond motifs is 1. The van der Waals surface area contributed by atoms with Crippen molar-refractivity contribution in [3.05, 3.63) is 57.8 Å². The van der Waals surface area contributed by atoms with Gasteiger partial charge < -0.3 is 10.1 Å². The molecule has 1 N–H and O–H groups in total. The van der Waals surface area contributed by atoms with Gasteiger partial charge in [0.2, 0.25) is 0 Å². The third kappa shape index (κ3) is 2.76. The Kier molecular flexibility index (Phi) is 3.87. The topological polar surface area (TPSA) is 38.3 Å². The first kappa shape index (κ1) is 14.4. The SMILES string of the molecule is O=C1COc2ccc(C(Cl)c3cccc(F)c3Br)cc2N1. The summed E-state index contributed by atoms with van der Waals surface area (Å²) in [7, 11) is 0. The van der Waals surface area contributed by atoms with E-state index in [2.05, 4.69) is 21.2 Å². The fourth-order valence-corrected chi connectivity index (χ4v) is 3.10. The van der Waals surface area contributed by atoms with Gasteiger partial charge in [-0.1, -0.05) is 18.2 Å². The highest BCUT2D eigenvalue weighted by molar-refractivity contribution is 9.10. The summed E-state index contributed by atoms with van der Waals surface area (Å²) in [4.78, 5) is 11.3. The molecular formula is C15H10BrClFNO2. The summed E-state index contributed by atoms with van der Waals surface area (Å²) < 4.78 is 19.2. The molecule has 1 heterocycles. The summed E-state index contributed by atoms with van der Waals surface area (Å²) in [6.07, 6.45) is 0. The van der Waals surface area contributed by atoms with Gasteiger partial charge in [0.15, 0.2) is 6.61 Å². The zero-order valence-corrected chi connectivity index (χ0v) is 13.0. The van der Waals surface area contributed by atoms with Crippen molar-refractivity contribution in [2.75, 3.05) is 11.9 Å². The summed E-state index contributed by atoms with van der Waals surface area (Å²) in [5.74, 6) is 0.0194. The van der Waals surface area contributed by atoms with Crippen LogP contribution in [0.15, 0.2) is 40.9 Å². The maximum atomic E-state index is 13.6. The van der Waals surface area contributed by atoms with Gasteiger partial charge >= 0.3 is 0 Å². The van der Waals surface area contributed by atoms with E-state index in [1.807, 2.05) is 0 Å². The van der Waals surface area contributed by atoms with Crippen LogP contribution in [-0.4, -0.2) is 12.5 Å². The molecule has 1 amide bonds. The summed E-state index contributed by atoms with van der Waals surface area (Å²) in [6, 6.07) is 9.99. The van der Waals surface area contributed by atoms with E-state index >= 15 is 0 Å². The summed E-state index contributed by atoms with van der Waals surface area (Å²) in [5, 5.41) is 2.18. The minimum atomic E-state index is -0.542. The predicted octanol–water partition coefficient (Wildman–Crippen LogP) is 4.25. The molecular weight excluding hydrogens is 361 g/mol. The van der Waals surface area contributed by atoms with Crippen molar-refractivity contribution in [2.24, 2.45) is 0 Å². The molecule has 1 unspecified atom stereocenters. The van der Waals surface area contributed by atoms with Crippen molar-refractivity contribution in [3.8, 4) is 5.75 Å². The number of carbonyl (C=O) groups is 1. The van der Waals surface area contributed by atoms with E-state index in [0.717, 1.165) is 5.56 Å². The Labute approximate surface area is 134 Å². The summed E-state index contributed by atoms with van der Waals surface area (Å²) in [6.45, 7) is 0.00605. The number of hydrogen-bond donors (Lipinski definition) is 1. The Morgan fingerprint density at radius 2 is 2.14 bits per heavy atom. The molecule has 3 nitrogen and oxygen atoms in total. The van der Waals surface area contributed by atoms with Crippen LogP contribution in [0.4, 0.5) is 10.1 Å². The zero-order chi connectivity index (χ0) is 15.0. The van der Waals surface area contributed by atoms with Crippen molar-refractivity contribution < 1.29 is 13.9 Å². The number of hydrogen-bond acceptors (Lipinski definition) is 2. The number of amides is 1. The molecule has 2 aromatic rings. The maximum absolute atomic E-state index is 13.6. The minimum absolute atomic E-state index is 0.00605. The molecule has 0 aliphatic carbocycles. The Morgan fingerprint density at radius 3 is 2.95 bits per heavy atom. The van der Waals surface area contributed by atoms with E-state index < -0.39 is 5.38 Å². The van der Waals surface area contributed by atoms with Crippen molar-refractivity contribution >= 4 is 39.1 Å². The highest BCUT2D eigenvalue weighted by Gasteiger charge is 2.20. The van der Waals surface area contributed by atoms with Crippen LogP contribution in [0.25, 0.3) is 0 Å². The van der Waals surface area contributed by atoms with Gasteiger partial charge in [-0.2, -0.15) is 0 Å². The van der Waals surface area contributed by atoms with Crippen molar-refractivity contribution in [1.29, 1.82) is 0 Å². The Hall–Kier alpha value is -1.59. The fraction of sp³-hybridized carbons (Fsp3) is 0.133. The van der Waals surface area contributed by atoms with Crippen molar-refractivity contribution in [1.82, 2.24) is 0 Å². The number of nitrogens with one attached hydrogen (secondary N) is 1. The van der Waals surface area contributed by atoms with Crippen LogP contribution in [0.5, 0.6) is 5.75 Å². The molecule has 1 atom stereocenters. The van der Waals surface area contributed by atoms with Crippen LogP contribution in [0.2, 0.25) is 0 Å². The van der Waals surface area contributed by atoms with Crippen molar-refractivity contribution in [2.45, 2.75) is 5.38 Å². The normalized spacial score (nSPS) is 14.9. The quantitative estimate of drug-likeness (QED) is 0.803. The molecule has 0 radical (unpaired) electrons. The first-order valence-corrected chi connectivity index (χ1v) is 7.44. The lowest BCUT2D eigenvalue weighted by atomic mass is 10.0. The number of benzene rings is 2. The zero-order valence-electron chi connectivity index (χ0n) is 10.7. The molecule has 2 aromatic carbocycles. The number of anilines is 1.